The molecular weight excluding hydrogens is 306 g/mol. The highest BCUT2D eigenvalue weighted by Crippen LogP contribution is 2.13. The molecule has 0 saturated carbocycles. The predicted octanol–water partition coefficient (Wildman–Crippen LogP) is 2.06. The van der Waals surface area contributed by atoms with Gasteiger partial charge in [0.15, 0.2) is 5.82 Å². The number of rotatable bonds is 3. The molecule has 0 aliphatic carbocycles. The Morgan fingerprint density at radius 3 is 2.62 bits per heavy atom. The van der Waals surface area contributed by atoms with Crippen LogP contribution in [0.1, 0.15) is 10.5 Å². The fraction of sp³-hybridized carbons (Fsp3) is 0. The predicted molar refractivity (Wildman–Crippen MR) is 87.1 cm³/mol. The van der Waals surface area contributed by atoms with Gasteiger partial charge in [-0.15, -0.1) is 5.10 Å². The second-order valence-corrected chi connectivity index (χ2v) is 4.92. The van der Waals surface area contributed by atoms with Crippen molar-refractivity contribution in [2.75, 3.05) is 5.32 Å². The van der Waals surface area contributed by atoms with E-state index in [9.17, 15) is 4.79 Å². The lowest BCUT2D eigenvalue weighted by molar-refractivity contribution is 0.102. The summed E-state index contributed by atoms with van der Waals surface area (Å²) in [6.45, 7) is 0. The summed E-state index contributed by atoms with van der Waals surface area (Å²) in [4.78, 5) is 29.1. The van der Waals surface area contributed by atoms with E-state index in [0.29, 0.717) is 17.0 Å². The minimum atomic E-state index is -0.431. The van der Waals surface area contributed by atoms with Crippen LogP contribution in [0, 0.1) is 0 Å². The minimum absolute atomic E-state index is 0.149. The number of hydrogen-bond acceptors (Lipinski definition) is 6. The molecule has 4 aromatic rings. The highest BCUT2D eigenvalue weighted by atomic mass is 16.2. The van der Waals surface area contributed by atoms with Gasteiger partial charge in [0.05, 0.1) is 17.2 Å². The van der Waals surface area contributed by atoms with Gasteiger partial charge in [-0.2, -0.15) is 4.98 Å². The van der Waals surface area contributed by atoms with Gasteiger partial charge in [-0.3, -0.25) is 25.2 Å². The number of hydrogen-bond donors (Lipinski definition) is 2. The molecule has 0 radical (unpaired) electrons. The lowest BCUT2D eigenvalue weighted by Crippen LogP contribution is -2.15. The number of fused-ring (bicyclic) bond motifs is 1. The Morgan fingerprint density at radius 2 is 1.79 bits per heavy atom. The molecule has 1 amide bonds. The number of pyridine rings is 1. The summed E-state index contributed by atoms with van der Waals surface area (Å²) in [5.41, 5.74) is 2.20. The maximum atomic E-state index is 12.3. The van der Waals surface area contributed by atoms with E-state index >= 15 is 0 Å². The Morgan fingerprint density at radius 1 is 0.958 bits per heavy atom. The number of carbonyl (C=O) groups excluding carboxylic acids is 1. The number of para-hydroxylation sites is 2. The molecule has 116 valence electrons. The van der Waals surface area contributed by atoms with Gasteiger partial charge in [0.1, 0.15) is 11.4 Å². The summed E-state index contributed by atoms with van der Waals surface area (Å²) in [5.74, 6) is 0.186. The van der Waals surface area contributed by atoms with Gasteiger partial charge >= 0.3 is 0 Å². The summed E-state index contributed by atoms with van der Waals surface area (Å²) in [6.07, 6.45) is 3.07. The zero-order valence-electron chi connectivity index (χ0n) is 12.3. The topological polar surface area (TPSA) is 109 Å². The monoisotopic (exact) mass is 317 g/mol. The van der Waals surface area contributed by atoms with Crippen molar-refractivity contribution in [2.45, 2.75) is 0 Å². The van der Waals surface area contributed by atoms with Crippen molar-refractivity contribution < 1.29 is 4.79 Å². The smallest absolute Gasteiger partial charge is 0.278 e. The van der Waals surface area contributed by atoms with E-state index in [4.69, 9.17) is 0 Å². The summed E-state index contributed by atoms with van der Waals surface area (Å²) >= 11 is 0. The van der Waals surface area contributed by atoms with E-state index in [1.165, 1.54) is 6.20 Å². The van der Waals surface area contributed by atoms with Crippen LogP contribution in [0.15, 0.2) is 54.9 Å². The molecule has 0 aliphatic rings. The quantitative estimate of drug-likeness (QED) is 0.598. The minimum Gasteiger partial charge on any atom is -0.288 e. The fourth-order valence-electron chi connectivity index (χ4n) is 2.17. The van der Waals surface area contributed by atoms with Gasteiger partial charge in [-0.1, -0.05) is 18.2 Å². The van der Waals surface area contributed by atoms with Gasteiger partial charge in [0.2, 0.25) is 5.95 Å². The molecule has 24 heavy (non-hydrogen) atoms. The van der Waals surface area contributed by atoms with E-state index < -0.39 is 5.91 Å². The van der Waals surface area contributed by atoms with Gasteiger partial charge < -0.3 is 0 Å². The third-order valence-electron chi connectivity index (χ3n) is 3.30. The molecule has 0 unspecified atom stereocenters. The van der Waals surface area contributed by atoms with Crippen molar-refractivity contribution in [3.8, 4) is 11.5 Å². The number of nitrogens with zero attached hydrogens (tertiary/aromatic N) is 5. The van der Waals surface area contributed by atoms with E-state index in [0.717, 1.165) is 5.52 Å². The number of benzene rings is 1. The average Bonchev–Trinajstić information content (AvgIpc) is 3.10. The molecule has 3 heterocycles. The van der Waals surface area contributed by atoms with Crippen LogP contribution in [0.5, 0.6) is 0 Å². The molecule has 2 N–H and O–H groups in total. The van der Waals surface area contributed by atoms with Crippen molar-refractivity contribution in [3.05, 3.63) is 60.6 Å². The molecule has 0 spiro atoms. The standard InChI is InChI=1S/C16H11N7O/c24-15(13-9-18-10-5-1-2-6-11(10)19-13)21-16-20-14(22-23-16)12-7-3-4-8-17-12/h1-9H,(H2,20,21,22,23,24). The SMILES string of the molecule is O=C(Nc1n[nH]c(-c2ccccn2)n1)c1cnc2ccccc2n1. The number of anilines is 1. The number of aromatic amines is 1. The van der Waals surface area contributed by atoms with E-state index in [1.807, 2.05) is 24.3 Å². The first-order chi connectivity index (χ1) is 11.8. The Kier molecular flexibility index (Phi) is 3.39. The molecule has 1 aromatic carbocycles. The van der Waals surface area contributed by atoms with Crippen LogP contribution in [-0.2, 0) is 0 Å². The third kappa shape index (κ3) is 2.68. The number of amides is 1. The van der Waals surface area contributed by atoms with Crippen molar-refractivity contribution in [1.82, 2.24) is 30.1 Å². The molecule has 0 aliphatic heterocycles. The maximum absolute atomic E-state index is 12.3. The lowest BCUT2D eigenvalue weighted by Gasteiger charge is -2.01. The Labute approximate surface area is 136 Å². The van der Waals surface area contributed by atoms with E-state index in [1.54, 1.807) is 24.4 Å². The fourth-order valence-corrected chi connectivity index (χ4v) is 2.17. The lowest BCUT2D eigenvalue weighted by atomic mass is 10.3. The van der Waals surface area contributed by atoms with Crippen LogP contribution < -0.4 is 5.32 Å². The Bertz CT molecular complexity index is 1010. The Balaban J connectivity index is 1.56. The van der Waals surface area contributed by atoms with Crippen LogP contribution in [0.25, 0.3) is 22.6 Å². The first-order valence-electron chi connectivity index (χ1n) is 7.16. The first kappa shape index (κ1) is 13.9. The Hall–Kier alpha value is -3.68. The molecule has 0 fully saturated rings. The van der Waals surface area contributed by atoms with Crippen molar-refractivity contribution in [3.63, 3.8) is 0 Å². The van der Waals surface area contributed by atoms with Crippen LogP contribution in [-0.4, -0.2) is 36.0 Å². The van der Waals surface area contributed by atoms with Gasteiger partial charge in [-0.25, -0.2) is 4.98 Å². The second-order valence-electron chi connectivity index (χ2n) is 4.92. The zero-order valence-corrected chi connectivity index (χ0v) is 12.3. The molecule has 8 nitrogen and oxygen atoms in total. The molecule has 0 atom stereocenters. The number of nitrogens with one attached hydrogen (secondary N) is 2. The molecule has 0 saturated heterocycles. The van der Waals surface area contributed by atoms with Crippen molar-refractivity contribution in [2.24, 2.45) is 0 Å². The van der Waals surface area contributed by atoms with E-state index in [-0.39, 0.29) is 11.6 Å². The van der Waals surface area contributed by atoms with Gasteiger partial charge in [0, 0.05) is 6.20 Å². The molecular formula is C16H11N7O. The van der Waals surface area contributed by atoms with Crippen LogP contribution in [0.4, 0.5) is 5.95 Å². The molecule has 4 rings (SSSR count). The van der Waals surface area contributed by atoms with Gasteiger partial charge in [-0.05, 0) is 24.3 Å². The first-order valence-corrected chi connectivity index (χ1v) is 7.16. The number of carbonyl (C=O) groups is 1. The summed E-state index contributed by atoms with van der Waals surface area (Å²) < 4.78 is 0. The molecule has 3 aromatic heterocycles. The average molecular weight is 317 g/mol. The maximum Gasteiger partial charge on any atom is 0.278 e. The second kappa shape index (κ2) is 5.84. The van der Waals surface area contributed by atoms with E-state index in [2.05, 4.69) is 35.5 Å². The molecule has 0 bridgehead atoms. The van der Waals surface area contributed by atoms with Crippen molar-refractivity contribution in [1.29, 1.82) is 0 Å². The number of H-pyrrole nitrogens is 1. The van der Waals surface area contributed by atoms with Crippen LogP contribution in [0.3, 0.4) is 0 Å². The largest absolute Gasteiger partial charge is 0.288 e. The molecule has 8 heteroatoms. The summed E-state index contributed by atoms with van der Waals surface area (Å²) in [6, 6.07) is 12.8. The van der Waals surface area contributed by atoms with Crippen LogP contribution in [0.2, 0.25) is 0 Å². The third-order valence-corrected chi connectivity index (χ3v) is 3.30. The summed E-state index contributed by atoms with van der Waals surface area (Å²) in [7, 11) is 0. The van der Waals surface area contributed by atoms with Crippen molar-refractivity contribution >= 4 is 22.9 Å². The zero-order chi connectivity index (χ0) is 16.4. The highest BCUT2D eigenvalue weighted by molar-refractivity contribution is 6.02. The summed E-state index contributed by atoms with van der Waals surface area (Å²) in [5, 5.41) is 9.29. The normalized spacial score (nSPS) is 10.7. The van der Waals surface area contributed by atoms with Crippen LogP contribution >= 0.6 is 0 Å². The highest BCUT2D eigenvalue weighted by Gasteiger charge is 2.13. The number of aromatic nitrogens is 6. The van der Waals surface area contributed by atoms with Gasteiger partial charge in [0.25, 0.3) is 5.91 Å².